The number of hydrogen-bond donors (Lipinski definition) is 2. The fourth-order valence-corrected chi connectivity index (χ4v) is 3.59. The van der Waals surface area contributed by atoms with Gasteiger partial charge in [0.25, 0.3) is 10.0 Å². The van der Waals surface area contributed by atoms with Crippen LogP contribution in [-0.4, -0.2) is 35.6 Å². The molecule has 1 heterocycles. The maximum atomic E-state index is 12.2. The van der Waals surface area contributed by atoms with E-state index in [1.54, 1.807) is 11.5 Å². The molecule has 118 valence electrons. The van der Waals surface area contributed by atoms with Crippen LogP contribution >= 0.6 is 0 Å². The number of hydrogen-bond acceptors (Lipinski definition) is 4. The van der Waals surface area contributed by atoms with Crippen molar-refractivity contribution in [2.75, 3.05) is 6.54 Å². The number of aliphatic carboxylic acids is 1. The largest absolute Gasteiger partial charge is 0.481 e. The third-order valence-corrected chi connectivity index (χ3v) is 5.33. The third-order valence-electron chi connectivity index (χ3n) is 4.06. The molecule has 0 atom stereocenters. The number of rotatable bonds is 7. The Morgan fingerprint density at radius 2 is 2.19 bits per heavy atom. The molecule has 0 unspecified atom stereocenters. The van der Waals surface area contributed by atoms with E-state index in [1.807, 2.05) is 6.92 Å². The second-order valence-electron chi connectivity index (χ2n) is 5.58. The van der Waals surface area contributed by atoms with Crippen LogP contribution in [0.15, 0.2) is 11.2 Å². The van der Waals surface area contributed by atoms with Crippen molar-refractivity contribution in [2.45, 2.75) is 51.1 Å². The van der Waals surface area contributed by atoms with Crippen molar-refractivity contribution < 1.29 is 18.3 Å². The molecule has 2 rings (SSSR count). The topological polar surface area (TPSA) is 101 Å². The maximum Gasteiger partial charge on any atom is 0.310 e. The summed E-state index contributed by atoms with van der Waals surface area (Å²) >= 11 is 0. The molecular formula is C13H21N3O4S. The molecule has 2 N–H and O–H groups in total. The van der Waals surface area contributed by atoms with E-state index < -0.39 is 21.4 Å². The lowest BCUT2D eigenvalue weighted by Crippen LogP contribution is -2.47. The Morgan fingerprint density at radius 1 is 1.52 bits per heavy atom. The maximum absolute atomic E-state index is 12.2. The summed E-state index contributed by atoms with van der Waals surface area (Å²) in [5.74, 6) is -0.307. The van der Waals surface area contributed by atoms with Crippen molar-refractivity contribution in [1.82, 2.24) is 14.3 Å². The van der Waals surface area contributed by atoms with Gasteiger partial charge in [0.15, 0.2) is 5.03 Å². The highest BCUT2D eigenvalue weighted by Gasteiger charge is 2.45. The molecule has 1 aromatic rings. The van der Waals surface area contributed by atoms with Gasteiger partial charge in [-0.1, -0.05) is 13.3 Å². The predicted molar refractivity (Wildman–Crippen MR) is 76.4 cm³/mol. The van der Waals surface area contributed by atoms with Crippen LogP contribution in [0.3, 0.4) is 0 Å². The van der Waals surface area contributed by atoms with Crippen molar-refractivity contribution in [3.63, 3.8) is 0 Å². The normalized spacial score (nSPS) is 17.4. The number of nitrogens with one attached hydrogen (secondary N) is 1. The molecule has 1 fully saturated rings. The van der Waals surface area contributed by atoms with Crippen LogP contribution in [0, 0.1) is 12.3 Å². The number of aromatic nitrogens is 2. The Hall–Kier alpha value is -1.41. The van der Waals surface area contributed by atoms with Gasteiger partial charge in [0.1, 0.15) is 5.82 Å². The average Bonchev–Trinajstić information content (AvgIpc) is 2.70. The minimum absolute atomic E-state index is 0.0479. The van der Waals surface area contributed by atoms with Crippen molar-refractivity contribution in [3.05, 3.63) is 12.0 Å². The standard InChI is InChI=1S/C13H21N3O4S/c1-3-7-16-8-11(15-10(16)2)21(19,20)14-9-13(12(17)18)5-4-6-13/h8,14H,3-7,9H2,1-2H3,(H,17,18). The predicted octanol–water partition coefficient (Wildman–Crippen LogP) is 1.13. The summed E-state index contributed by atoms with van der Waals surface area (Å²) in [5, 5.41) is 9.17. The average molecular weight is 315 g/mol. The smallest absolute Gasteiger partial charge is 0.310 e. The summed E-state index contributed by atoms with van der Waals surface area (Å²) in [6, 6.07) is 0. The van der Waals surface area contributed by atoms with E-state index in [2.05, 4.69) is 9.71 Å². The summed E-state index contributed by atoms with van der Waals surface area (Å²) in [4.78, 5) is 15.3. The first-order valence-corrected chi connectivity index (χ1v) is 8.56. The zero-order chi connectivity index (χ0) is 15.7. The molecule has 21 heavy (non-hydrogen) atoms. The van der Waals surface area contributed by atoms with E-state index in [-0.39, 0.29) is 11.6 Å². The second kappa shape index (κ2) is 5.76. The van der Waals surface area contributed by atoms with Gasteiger partial charge in [-0.3, -0.25) is 4.79 Å². The van der Waals surface area contributed by atoms with Gasteiger partial charge < -0.3 is 9.67 Å². The van der Waals surface area contributed by atoms with Crippen molar-refractivity contribution in [3.8, 4) is 0 Å². The minimum atomic E-state index is -3.77. The minimum Gasteiger partial charge on any atom is -0.481 e. The Kier molecular flexibility index (Phi) is 4.38. The monoisotopic (exact) mass is 315 g/mol. The highest BCUT2D eigenvalue weighted by Crippen LogP contribution is 2.40. The molecule has 0 bridgehead atoms. The zero-order valence-corrected chi connectivity index (χ0v) is 13.1. The Balaban J connectivity index is 2.11. The SMILES string of the molecule is CCCn1cc(S(=O)(=O)NCC2(C(=O)O)CCC2)nc1C. The van der Waals surface area contributed by atoms with Gasteiger partial charge in [0, 0.05) is 19.3 Å². The van der Waals surface area contributed by atoms with E-state index in [9.17, 15) is 18.3 Å². The first-order valence-electron chi connectivity index (χ1n) is 7.07. The van der Waals surface area contributed by atoms with E-state index in [1.165, 1.54) is 6.20 Å². The van der Waals surface area contributed by atoms with Crippen LogP contribution in [-0.2, 0) is 21.4 Å². The Morgan fingerprint density at radius 3 is 2.67 bits per heavy atom. The quantitative estimate of drug-likeness (QED) is 0.785. The lowest BCUT2D eigenvalue weighted by atomic mass is 9.69. The van der Waals surface area contributed by atoms with E-state index in [0.29, 0.717) is 25.2 Å². The highest BCUT2D eigenvalue weighted by atomic mass is 32.2. The van der Waals surface area contributed by atoms with Crippen molar-refractivity contribution >= 4 is 16.0 Å². The van der Waals surface area contributed by atoms with Gasteiger partial charge >= 0.3 is 5.97 Å². The number of nitrogens with zero attached hydrogens (tertiary/aromatic N) is 2. The summed E-state index contributed by atoms with van der Waals surface area (Å²) in [6.07, 6.45) is 4.21. The van der Waals surface area contributed by atoms with Crippen LogP contribution in [0.1, 0.15) is 38.4 Å². The second-order valence-corrected chi connectivity index (χ2v) is 7.30. The molecule has 1 aliphatic rings. The molecule has 1 aromatic heterocycles. The summed E-state index contributed by atoms with van der Waals surface area (Å²) in [6.45, 7) is 4.37. The highest BCUT2D eigenvalue weighted by molar-refractivity contribution is 7.89. The first kappa shape index (κ1) is 16.0. The number of carboxylic acid groups (broad SMARTS) is 1. The molecule has 0 saturated heterocycles. The van der Waals surface area contributed by atoms with Crippen molar-refractivity contribution in [1.29, 1.82) is 0 Å². The molecule has 0 aromatic carbocycles. The fraction of sp³-hybridized carbons (Fsp3) is 0.692. The first-order chi connectivity index (χ1) is 9.81. The molecule has 1 aliphatic carbocycles. The molecule has 1 saturated carbocycles. The van der Waals surface area contributed by atoms with E-state index in [0.717, 1.165) is 12.8 Å². The summed E-state index contributed by atoms with van der Waals surface area (Å²) in [5.41, 5.74) is -0.950. The number of sulfonamides is 1. The van der Waals surface area contributed by atoms with Gasteiger partial charge in [-0.2, -0.15) is 0 Å². The van der Waals surface area contributed by atoms with E-state index in [4.69, 9.17) is 0 Å². The van der Waals surface area contributed by atoms with Crippen LogP contribution in [0.4, 0.5) is 0 Å². The number of carbonyl (C=O) groups is 1. The fourth-order valence-electron chi connectivity index (χ4n) is 2.45. The molecule has 0 aliphatic heterocycles. The van der Waals surface area contributed by atoms with Crippen LogP contribution < -0.4 is 4.72 Å². The number of imidazole rings is 1. The molecule has 8 heteroatoms. The molecular weight excluding hydrogens is 294 g/mol. The number of carboxylic acids is 1. The summed E-state index contributed by atoms with van der Waals surface area (Å²) < 4.78 is 28.6. The third kappa shape index (κ3) is 3.11. The Bertz CT molecular complexity index is 632. The van der Waals surface area contributed by atoms with Gasteiger partial charge in [-0.05, 0) is 26.2 Å². The van der Waals surface area contributed by atoms with Gasteiger partial charge in [0.2, 0.25) is 0 Å². The van der Waals surface area contributed by atoms with Crippen LogP contribution in [0.2, 0.25) is 0 Å². The molecule has 0 radical (unpaired) electrons. The molecule has 7 nitrogen and oxygen atoms in total. The van der Waals surface area contributed by atoms with E-state index >= 15 is 0 Å². The molecule has 0 amide bonds. The van der Waals surface area contributed by atoms with Gasteiger partial charge in [0.05, 0.1) is 5.41 Å². The molecule has 0 spiro atoms. The zero-order valence-electron chi connectivity index (χ0n) is 12.3. The lowest BCUT2D eigenvalue weighted by molar-refractivity contribution is -0.153. The lowest BCUT2D eigenvalue weighted by Gasteiger charge is -2.37. The van der Waals surface area contributed by atoms with Crippen molar-refractivity contribution in [2.24, 2.45) is 5.41 Å². The van der Waals surface area contributed by atoms with Crippen LogP contribution in [0.5, 0.6) is 0 Å². The van der Waals surface area contributed by atoms with Gasteiger partial charge in [-0.15, -0.1) is 0 Å². The Labute approximate surface area is 124 Å². The van der Waals surface area contributed by atoms with Gasteiger partial charge in [-0.25, -0.2) is 18.1 Å². The van der Waals surface area contributed by atoms with Crippen LogP contribution in [0.25, 0.3) is 0 Å². The summed E-state index contributed by atoms with van der Waals surface area (Å²) in [7, 11) is -3.77. The number of aryl methyl sites for hydroxylation is 2.